The van der Waals surface area contributed by atoms with Gasteiger partial charge in [0, 0.05) is 6.54 Å². The summed E-state index contributed by atoms with van der Waals surface area (Å²) in [4.78, 5) is 12.8. The van der Waals surface area contributed by atoms with Crippen LogP contribution in [0.4, 0.5) is 9.18 Å². The Labute approximate surface area is 89.0 Å². The number of carbonyl (C=O) groups excluding carboxylic acids is 1. The second kappa shape index (κ2) is 5.90. The van der Waals surface area contributed by atoms with E-state index in [0.717, 1.165) is 12.8 Å². The molecule has 5 heteroatoms. The third kappa shape index (κ3) is 3.66. The van der Waals surface area contributed by atoms with Crippen LogP contribution in [0.25, 0.3) is 0 Å². The molecule has 1 rings (SSSR count). The normalized spacial score (nSPS) is 26.5. The van der Waals surface area contributed by atoms with E-state index in [2.05, 4.69) is 0 Å². The van der Waals surface area contributed by atoms with Crippen molar-refractivity contribution in [2.24, 2.45) is 0 Å². The summed E-state index contributed by atoms with van der Waals surface area (Å²) in [6.45, 7) is 2.75. The average Bonchev–Trinajstić information content (AvgIpc) is 2.22. The third-order valence-corrected chi connectivity index (χ3v) is 2.48. The maximum atomic E-state index is 12.9. The summed E-state index contributed by atoms with van der Waals surface area (Å²) in [5.74, 6) is 0. The zero-order chi connectivity index (χ0) is 11.3. The van der Waals surface area contributed by atoms with Gasteiger partial charge in [0.2, 0.25) is 0 Å². The molecule has 1 heterocycles. The molecular weight excluding hydrogens is 201 g/mol. The van der Waals surface area contributed by atoms with E-state index in [1.807, 2.05) is 6.92 Å². The van der Waals surface area contributed by atoms with Crippen molar-refractivity contribution in [3.63, 3.8) is 0 Å². The van der Waals surface area contributed by atoms with Gasteiger partial charge in [-0.2, -0.15) is 0 Å². The fourth-order valence-corrected chi connectivity index (χ4v) is 1.46. The standard InChI is InChI=1S/C10H18FNO3/c1-2-3-6-15-10(14)12-5-4-8(11)9(13)7-12/h8-9,13H,2-7H2,1H3/t8-,9+/m0/s1. The number of aliphatic hydroxyl groups is 1. The maximum Gasteiger partial charge on any atom is 0.409 e. The zero-order valence-electron chi connectivity index (χ0n) is 8.99. The fraction of sp³-hybridized carbons (Fsp3) is 0.900. The van der Waals surface area contributed by atoms with Crippen LogP contribution in [-0.4, -0.2) is 48.1 Å². The number of likely N-dealkylation sites (tertiary alicyclic amines) is 1. The van der Waals surface area contributed by atoms with Crippen LogP contribution >= 0.6 is 0 Å². The molecule has 1 aliphatic rings. The Kier molecular flexibility index (Phi) is 4.81. The van der Waals surface area contributed by atoms with E-state index in [1.54, 1.807) is 0 Å². The van der Waals surface area contributed by atoms with E-state index in [9.17, 15) is 14.3 Å². The topological polar surface area (TPSA) is 49.8 Å². The first-order chi connectivity index (χ1) is 7.15. The number of halogens is 1. The molecule has 2 atom stereocenters. The van der Waals surface area contributed by atoms with Gasteiger partial charge < -0.3 is 14.7 Å². The summed E-state index contributed by atoms with van der Waals surface area (Å²) >= 11 is 0. The van der Waals surface area contributed by atoms with Crippen molar-refractivity contribution in [1.82, 2.24) is 4.90 Å². The van der Waals surface area contributed by atoms with Crippen molar-refractivity contribution < 1.29 is 19.0 Å². The highest BCUT2D eigenvalue weighted by Crippen LogP contribution is 2.14. The Bertz CT molecular complexity index is 213. The number of β-amino-alcohol motifs (C(OH)–C–C–N with tert-alkyl or cyclic N) is 1. The molecule has 1 saturated heterocycles. The lowest BCUT2D eigenvalue weighted by atomic mass is 10.1. The van der Waals surface area contributed by atoms with E-state index in [0.29, 0.717) is 13.2 Å². The number of amides is 1. The zero-order valence-corrected chi connectivity index (χ0v) is 8.99. The van der Waals surface area contributed by atoms with Crippen LogP contribution in [0.1, 0.15) is 26.2 Å². The SMILES string of the molecule is CCCCOC(=O)N1CC[C@H](F)[C@H](O)C1. The van der Waals surface area contributed by atoms with Gasteiger partial charge in [-0.1, -0.05) is 13.3 Å². The Hall–Kier alpha value is -0.840. The van der Waals surface area contributed by atoms with Crippen molar-refractivity contribution in [2.75, 3.05) is 19.7 Å². The van der Waals surface area contributed by atoms with Gasteiger partial charge in [0.15, 0.2) is 0 Å². The molecule has 1 fully saturated rings. The molecule has 0 aromatic carbocycles. The number of ether oxygens (including phenoxy) is 1. The average molecular weight is 219 g/mol. The van der Waals surface area contributed by atoms with E-state index < -0.39 is 18.4 Å². The van der Waals surface area contributed by atoms with Gasteiger partial charge >= 0.3 is 6.09 Å². The van der Waals surface area contributed by atoms with Gasteiger partial charge in [-0.05, 0) is 12.8 Å². The van der Waals surface area contributed by atoms with E-state index in [-0.39, 0.29) is 13.0 Å². The van der Waals surface area contributed by atoms with Gasteiger partial charge in [-0.15, -0.1) is 0 Å². The molecule has 0 aromatic heterocycles. The molecule has 15 heavy (non-hydrogen) atoms. The quantitative estimate of drug-likeness (QED) is 0.728. The minimum atomic E-state index is -1.22. The lowest BCUT2D eigenvalue weighted by Gasteiger charge is -2.31. The monoisotopic (exact) mass is 219 g/mol. The Morgan fingerprint density at radius 3 is 3.00 bits per heavy atom. The Morgan fingerprint density at radius 2 is 2.40 bits per heavy atom. The summed E-state index contributed by atoms with van der Waals surface area (Å²) < 4.78 is 17.9. The van der Waals surface area contributed by atoms with Gasteiger partial charge in [0.25, 0.3) is 0 Å². The number of piperidine rings is 1. The molecule has 1 amide bonds. The number of carbonyl (C=O) groups is 1. The molecular formula is C10H18FNO3. The second-order valence-corrected chi connectivity index (χ2v) is 3.79. The number of hydrogen-bond acceptors (Lipinski definition) is 3. The minimum Gasteiger partial charge on any atom is -0.449 e. The number of hydrogen-bond donors (Lipinski definition) is 1. The second-order valence-electron chi connectivity index (χ2n) is 3.79. The Morgan fingerprint density at radius 1 is 1.67 bits per heavy atom. The van der Waals surface area contributed by atoms with Crippen LogP contribution in [0.2, 0.25) is 0 Å². The highest BCUT2D eigenvalue weighted by molar-refractivity contribution is 5.67. The first-order valence-electron chi connectivity index (χ1n) is 5.39. The summed E-state index contributed by atoms with van der Waals surface area (Å²) in [5.41, 5.74) is 0. The molecule has 0 bridgehead atoms. The minimum absolute atomic E-state index is 0.0339. The van der Waals surface area contributed by atoms with Crippen LogP contribution in [0.3, 0.4) is 0 Å². The van der Waals surface area contributed by atoms with E-state index in [4.69, 9.17) is 4.74 Å². The summed E-state index contributed by atoms with van der Waals surface area (Å²) in [6, 6.07) is 0. The third-order valence-electron chi connectivity index (χ3n) is 2.48. The first-order valence-corrected chi connectivity index (χ1v) is 5.39. The summed E-state index contributed by atoms with van der Waals surface area (Å²) in [6.07, 6.45) is -0.767. The number of nitrogens with zero attached hydrogens (tertiary/aromatic N) is 1. The van der Waals surface area contributed by atoms with Crippen LogP contribution in [0.15, 0.2) is 0 Å². The molecule has 0 spiro atoms. The molecule has 0 aliphatic carbocycles. The molecule has 0 radical (unpaired) electrons. The molecule has 88 valence electrons. The van der Waals surface area contributed by atoms with Gasteiger partial charge in [-0.25, -0.2) is 9.18 Å². The van der Waals surface area contributed by atoms with Crippen molar-refractivity contribution >= 4 is 6.09 Å². The molecule has 0 unspecified atom stereocenters. The smallest absolute Gasteiger partial charge is 0.409 e. The number of unbranched alkanes of at least 4 members (excludes halogenated alkanes) is 1. The van der Waals surface area contributed by atoms with Crippen LogP contribution < -0.4 is 0 Å². The first kappa shape index (κ1) is 12.2. The van der Waals surface area contributed by atoms with Crippen molar-refractivity contribution in [2.45, 2.75) is 38.5 Å². The molecule has 1 aliphatic heterocycles. The number of rotatable bonds is 3. The summed E-state index contributed by atoms with van der Waals surface area (Å²) in [5, 5.41) is 9.24. The van der Waals surface area contributed by atoms with Gasteiger partial charge in [-0.3, -0.25) is 0 Å². The van der Waals surface area contributed by atoms with Crippen molar-refractivity contribution in [3.05, 3.63) is 0 Å². The van der Waals surface area contributed by atoms with Crippen LogP contribution in [-0.2, 0) is 4.74 Å². The maximum absolute atomic E-state index is 12.9. The molecule has 0 saturated carbocycles. The lowest BCUT2D eigenvalue weighted by Crippen LogP contribution is -2.47. The largest absolute Gasteiger partial charge is 0.449 e. The van der Waals surface area contributed by atoms with Crippen LogP contribution in [0, 0.1) is 0 Å². The van der Waals surface area contributed by atoms with Crippen LogP contribution in [0.5, 0.6) is 0 Å². The van der Waals surface area contributed by atoms with Gasteiger partial charge in [0.1, 0.15) is 12.3 Å². The number of aliphatic hydroxyl groups excluding tert-OH is 1. The molecule has 4 nitrogen and oxygen atoms in total. The fourth-order valence-electron chi connectivity index (χ4n) is 1.46. The highest BCUT2D eigenvalue weighted by atomic mass is 19.1. The van der Waals surface area contributed by atoms with E-state index in [1.165, 1.54) is 4.90 Å². The highest BCUT2D eigenvalue weighted by Gasteiger charge is 2.30. The van der Waals surface area contributed by atoms with Gasteiger partial charge in [0.05, 0.1) is 13.2 Å². The molecule has 0 aromatic rings. The predicted octanol–water partition coefficient (Wildman–Crippen LogP) is 1.33. The van der Waals surface area contributed by atoms with Crippen molar-refractivity contribution in [3.8, 4) is 0 Å². The summed E-state index contributed by atoms with van der Waals surface area (Å²) in [7, 11) is 0. The lowest BCUT2D eigenvalue weighted by molar-refractivity contribution is 0.000913. The van der Waals surface area contributed by atoms with E-state index >= 15 is 0 Å². The Balaban J connectivity index is 2.28. The number of alkyl halides is 1. The molecule has 1 N–H and O–H groups in total. The predicted molar refractivity (Wildman–Crippen MR) is 53.3 cm³/mol. The van der Waals surface area contributed by atoms with Crippen molar-refractivity contribution in [1.29, 1.82) is 0 Å².